The molecule has 0 saturated carbocycles. The van der Waals surface area contributed by atoms with Crippen LogP contribution in [-0.4, -0.2) is 15.7 Å². The van der Waals surface area contributed by atoms with Crippen LogP contribution in [-0.2, 0) is 0 Å². The van der Waals surface area contributed by atoms with E-state index in [0.29, 0.717) is 10.8 Å². The zero-order valence-corrected chi connectivity index (χ0v) is 9.08. The first-order chi connectivity index (χ1) is 7.17. The van der Waals surface area contributed by atoms with Crippen LogP contribution in [0.1, 0.15) is 13.3 Å². The Balaban J connectivity index is 2.95. The third kappa shape index (κ3) is 3.37. The first-order valence-corrected chi connectivity index (χ1v) is 5.41. The number of thioether (sulfide) groups is 1. The van der Waals surface area contributed by atoms with Gasteiger partial charge in [0, 0.05) is 6.07 Å². The number of nitro groups is 1. The van der Waals surface area contributed by atoms with Crippen LogP contribution >= 0.6 is 11.8 Å². The van der Waals surface area contributed by atoms with Gasteiger partial charge < -0.3 is 5.43 Å². The molecular formula is C8H12N4O2S. The van der Waals surface area contributed by atoms with Crippen molar-refractivity contribution in [2.24, 2.45) is 5.84 Å². The zero-order chi connectivity index (χ0) is 11.3. The molecule has 1 aromatic heterocycles. The van der Waals surface area contributed by atoms with Crippen LogP contribution in [0.25, 0.3) is 0 Å². The van der Waals surface area contributed by atoms with E-state index in [-0.39, 0.29) is 5.69 Å². The molecule has 0 aliphatic rings. The van der Waals surface area contributed by atoms with Gasteiger partial charge in [-0.25, -0.2) is 10.8 Å². The number of aromatic nitrogens is 1. The van der Waals surface area contributed by atoms with Gasteiger partial charge in [-0.2, -0.15) is 0 Å². The third-order valence-corrected chi connectivity index (χ3v) is 2.72. The largest absolute Gasteiger partial charge is 0.308 e. The molecule has 0 amide bonds. The number of rotatable bonds is 5. The molecule has 0 fully saturated rings. The molecule has 0 bridgehead atoms. The summed E-state index contributed by atoms with van der Waals surface area (Å²) in [4.78, 5) is 14.2. The van der Waals surface area contributed by atoms with Crippen molar-refractivity contribution < 1.29 is 4.92 Å². The van der Waals surface area contributed by atoms with Gasteiger partial charge in [-0.1, -0.05) is 6.92 Å². The van der Waals surface area contributed by atoms with E-state index in [1.165, 1.54) is 23.9 Å². The smallest absolute Gasteiger partial charge is 0.275 e. The van der Waals surface area contributed by atoms with Crippen LogP contribution in [0.2, 0.25) is 0 Å². The molecular weight excluding hydrogens is 216 g/mol. The second kappa shape index (κ2) is 5.52. The van der Waals surface area contributed by atoms with E-state index in [4.69, 9.17) is 5.84 Å². The Morgan fingerprint density at radius 3 is 2.93 bits per heavy atom. The van der Waals surface area contributed by atoms with Crippen LogP contribution in [0.3, 0.4) is 0 Å². The maximum Gasteiger partial charge on any atom is 0.275 e. The lowest BCUT2D eigenvalue weighted by atomic mass is 10.4. The molecule has 0 unspecified atom stereocenters. The number of nitrogen functional groups attached to an aromatic ring is 1. The van der Waals surface area contributed by atoms with Gasteiger partial charge in [0.1, 0.15) is 10.8 Å². The molecule has 1 rings (SSSR count). The summed E-state index contributed by atoms with van der Waals surface area (Å²) in [5, 5.41) is 11.2. The highest BCUT2D eigenvalue weighted by molar-refractivity contribution is 7.99. The van der Waals surface area contributed by atoms with Gasteiger partial charge in [-0.05, 0) is 12.2 Å². The van der Waals surface area contributed by atoms with E-state index in [1.807, 2.05) is 6.92 Å². The summed E-state index contributed by atoms with van der Waals surface area (Å²) in [6.45, 7) is 2.03. The topological polar surface area (TPSA) is 94.1 Å². The van der Waals surface area contributed by atoms with E-state index in [0.717, 1.165) is 12.2 Å². The molecule has 0 aliphatic carbocycles. The summed E-state index contributed by atoms with van der Waals surface area (Å²) in [5.41, 5.74) is 2.31. The molecule has 0 radical (unpaired) electrons. The van der Waals surface area contributed by atoms with Crippen molar-refractivity contribution in [2.45, 2.75) is 18.4 Å². The molecule has 0 saturated heterocycles. The van der Waals surface area contributed by atoms with Crippen LogP contribution in [0.5, 0.6) is 0 Å². The molecule has 7 heteroatoms. The van der Waals surface area contributed by atoms with Gasteiger partial charge >= 0.3 is 0 Å². The highest BCUT2D eigenvalue weighted by Crippen LogP contribution is 2.24. The fourth-order valence-electron chi connectivity index (χ4n) is 0.951. The molecule has 0 spiro atoms. The average molecular weight is 228 g/mol. The second-order valence-electron chi connectivity index (χ2n) is 2.80. The molecule has 15 heavy (non-hydrogen) atoms. The Labute approximate surface area is 91.4 Å². The van der Waals surface area contributed by atoms with Crippen molar-refractivity contribution in [1.29, 1.82) is 0 Å². The highest BCUT2D eigenvalue weighted by Gasteiger charge is 2.10. The first kappa shape index (κ1) is 11.7. The maximum absolute atomic E-state index is 10.6. The predicted molar refractivity (Wildman–Crippen MR) is 59.7 cm³/mol. The Kier molecular flexibility index (Phi) is 4.32. The van der Waals surface area contributed by atoms with Crippen molar-refractivity contribution in [2.75, 3.05) is 11.2 Å². The molecule has 0 atom stereocenters. The van der Waals surface area contributed by atoms with Crippen molar-refractivity contribution in [3.8, 4) is 0 Å². The lowest BCUT2D eigenvalue weighted by Crippen LogP contribution is -2.09. The van der Waals surface area contributed by atoms with Gasteiger partial charge in [0.2, 0.25) is 0 Å². The molecule has 0 aromatic carbocycles. The maximum atomic E-state index is 10.6. The monoisotopic (exact) mass is 228 g/mol. The average Bonchev–Trinajstić information content (AvgIpc) is 2.25. The standard InChI is InChI=1S/C8H12N4O2S/c1-2-3-15-8-5-6(12(13)14)4-7(10-8)11-9/h4-5H,2-3,9H2,1H3,(H,10,11). The van der Waals surface area contributed by atoms with Crippen LogP contribution in [0, 0.1) is 10.1 Å². The van der Waals surface area contributed by atoms with Crippen LogP contribution < -0.4 is 11.3 Å². The lowest BCUT2D eigenvalue weighted by molar-refractivity contribution is -0.385. The number of pyridine rings is 1. The summed E-state index contributed by atoms with van der Waals surface area (Å²) >= 11 is 1.47. The number of hydrogen-bond donors (Lipinski definition) is 2. The predicted octanol–water partition coefficient (Wildman–Crippen LogP) is 1.78. The SMILES string of the molecule is CCCSc1cc([N+](=O)[O-])cc(NN)n1. The summed E-state index contributed by atoms with van der Waals surface area (Å²) in [6.07, 6.45) is 0.987. The van der Waals surface area contributed by atoms with E-state index >= 15 is 0 Å². The summed E-state index contributed by atoms with van der Waals surface area (Å²) in [7, 11) is 0. The minimum absolute atomic E-state index is 0.00319. The molecule has 1 heterocycles. The molecule has 1 aromatic rings. The van der Waals surface area contributed by atoms with Crippen molar-refractivity contribution in [3.05, 3.63) is 22.2 Å². The van der Waals surface area contributed by atoms with Gasteiger partial charge in [0.15, 0.2) is 0 Å². The van der Waals surface area contributed by atoms with E-state index < -0.39 is 4.92 Å². The third-order valence-electron chi connectivity index (χ3n) is 1.60. The first-order valence-electron chi connectivity index (χ1n) is 4.43. The van der Waals surface area contributed by atoms with Gasteiger partial charge in [-0.15, -0.1) is 11.8 Å². The second-order valence-corrected chi connectivity index (χ2v) is 3.91. The van der Waals surface area contributed by atoms with Gasteiger partial charge in [0.25, 0.3) is 5.69 Å². The van der Waals surface area contributed by atoms with E-state index in [1.54, 1.807) is 0 Å². The molecule has 0 aliphatic heterocycles. The summed E-state index contributed by atoms with van der Waals surface area (Å²) < 4.78 is 0. The molecule has 82 valence electrons. The Morgan fingerprint density at radius 2 is 2.40 bits per heavy atom. The van der Waals surface area contributed by atoms with Crippen molar-refractivity contribution >= 4 is 23.3 Å². The fourth-order valence-corrected chi connectivity index (χ4v) is 1.73. The normalized spacial score (nSPS) is 10.0. The highest BCUT2D eigenvalue weighted by atomic mass is 32.2. The van der Waals surface area contributed by atoms with Gasteiger partial charge in [-0.3, -0.25) is 10.1 Å². The quantitative estimate of drug-likeness (QED) is 0.345. The number of anilines is 1. The summed E-state index contributed by atoms with van der Waals surface area (Å²) in [6, 6.07) is 2.75. The van der Waals surface area contributed by atoms with E-state index in [9.17, 15) is 10.1 Å². The fraction of sp³-hybridized carbons (Fsp3) is 0.375. The lowest BCUT2D eigenvalue weighted by Gasteiger charge is -2.03. The summed E-state index contributed by atoms with van der Waals surface area (Å²) in [5.74, 6) is 6.35. The Bertz CT molecular complexity index is 358. The van der Waals surface area contributed by atoms with E-state index in [2.05, 4.69) is 10.4 Å². The molecule has 3 N–H and O–H groups in total. The number of nitrogens with one attached hydrogen (secondary N) is 1. The number of nitrogens with two attached hydrogens (primary N) is 1. The minimum atomic E-state index is -0.460. The number of hydrogen-bond acceptors (Lipinski definition) is 6. The Morgan fingerprint density at radius 1 is 1.67 bits per heavy atom. The van der Waals surface area contributed by atoms with Crippen LogP contribution in [0.15, 0.2) is 17.2 Å². The van der Waals surface area contributed by atoms with Crippen molar-refractivity contribution in [3.63, 3.8) is 0 Å². The van der Waals surface area contributed by atoms with Gasteiger partial charge in [0.05, 0.1) is 11.0 Å². The van der Waals surface area contributed by atoms with Crippen molar-refractivity contribution in [1.82, 2.24) is 4.98 Å². The zero-order valence-electron chi connectivity index (χ0n) is 8.27. The number of nitrogens with zero attached hydrogens (tertiary/aromatic N) is 2. The minimum Gasteiger partial charge on any atom is -0.308 e. The number of hydrazine groups is 1. The Hall–Kier alpha value is -1.34. The van der Waals surface area contributed by atoms with Crippen LogP contribution in [0.4, 0.5) is 11.5 Å². The molecule has 6 nitrogen and oxygen atoms in total.